The minimum Gasteiger partial charge on any atom is -0.467 e. The van der Waals surface area contributed by atoms with E-state index < -0.39 is 0 Å². The van der Waals surface area contributed by atoms with E-state index in [-0.39, 0.29) is 0 Å². The molecule has 2 aromatic rings. The zero-order valence-corrected chi connectivity index (χ0v) is 10.2. The zero-order chi connectivity index (χ0) is 12.4. The van der Waals surface area contributed by atoms with Gasteiger partial charge in [0, 0.05) is 0 Å². The lowest BCUT2D eigenvalue weighted by Crippen LogP contribution is -2.11. The molecule has 92 valence electrons. The molecule has 1 aliphatic rings. The molecule has 0 atom stereocenters. The van der Waals surface area contributed by atoms with E-state index in [1.165, 1.54) is 5.56 Å². The smallest absolute Gasteiger partial charge is 0.189 e. The Bertz CT molecular complexity index is 546. The molecular weight excluding hydrogens is 228 g/mol. The summed E-state index contributed by atoms with van der Waals surface area (Å²) in [6.07, 6.45) is 0. The largest absolute Gasteiger partial charge is 0.467 e. The van der Waals surface area contributed by atoms with Crippen LogP contribution < -0.4 is 9.47 Å². The standard InChI is InChI=1S/C15H14O3/c1-11-5-7-12(8-6-11)18-15-4-2-3-14-13(15)9-16-10-17-14/h2-8H,9-10H2,1H3. The molecular formula is C15H14O3. The van der Waals surface area contributed by atoms with Gasteiger partial charge in [0.15, 0.2) is 6.79 Å². The molecule has 0 saturated heterocycles. The highest BCUT2D eigenvalue weighted by Gasteiger charge is 2.15. The fourth-order valence-corrected chi connectivity index (χ4v) is 1.90. The predicted molar refractivity (Wildman–Crippen MR) is 68.0 cm³/mol. The maximum Gasteiger partial charge on any atom is 0.189 e. The molecule has 1 heterocycles. The number of fused-ring (bicyclic) bond motifs is 1. The molecule has 0 amide bonds. The van der Waals surface area contributed by atoms with Gasteiger partial charge in [-0.1, -0.05) is 23.8 Å². The lowest BCUT2D eigenvalue weighted by atomic mass is 10.1. The van der Waals surface area contributed by atoms with Crippen molar-refractivity contribution in [2.75, 3.05) is 6.79 Å². The molecule has 0 unspecified atom stereocenters. The van der Waals surface area contributed by atoms with Crippen molar-refractivity contribution in [3.05, 3.63) is 53.6 Å². The van der Waals surface area contributed by atoms with Crippen molar-refractivity contribution in [1.29, 1.82) is 0 Å². The summed E-state index contributed by atoms with van der Waals surface area (Å²) in [5.74, 6) is 2.45. The summed E-state index contributed by atoms with van der Waals surface area (Å²) in [6.45, 7) is 2.88. The molecule has 0 N–H and O–H groups in total. The van der Waals surface area contributed by atoms with Crippen molar-refractivity contribution in [1.82, 2.24) is 0 Å². The molecule has 2 aromatic carbocycles. The second kappa shape index (κ2) is 4.70. The van der Waals surface area contributed by atoms with Gasteiger partial charge in [0.05, 0.1) is 12.2 Å². The number of hydrogen-bond acceptors (Lipinski definition) is 3. The van der Waals surface area contributed by atoms with Gasteiger partial charge < -0.3 is 14.2 Å². The van der Waals surface area contributed by atoms with Gasteiger partial charge in [-0.25, -0.2) is 0 Å². The van der Waals surface area contributed by atoms with Crippen molar-refractivity contribution in [2.45, 2.75) is 13.5 Å². The third-order valence-electron chi connectivity index (χ3n) is 2.88. The Morgan fingerprint density at radius 3 is 2.72 bits per heavy atom. The summed E-state index contributed by atoms with van der Waals surface area (Å²) in [5.41, 5.74) is 2.17. The minimum atomic E-state index is 0.307. The van der Waals surface area contributed by atoms with Gasteiger partial charge in [-0.3, -0.25) is 0 Å². The van der Waals surface area contributed by atoms with Gasteiger partial charge in [-0.15, -0.1) is 0 Å². The quantitative estimate of drug-likeness (QED) is 0.804. The fraction of sp³-hybridized carbons (Fsp3) is 0.200. The van der Waals surface area contributed by atoms with Crippen LogP contribution in [0.1, 0.15) is 11.1 Å². The molecule has 0 spiro atoms. The van der Waals surface area contributed by atoms with Crippen molar-refractivity contribution < 1.29 is 14.2 Å². The number of hydrogen-bond donors (Lipinski definition) is 0. The summed E-state index contributed by atoms with van der Waals surface area (Å²) in [4.78, 5) is 0. The Hall–Kier alpha value is -2.00. The van der Waals surface area contributed by atoms with Crippen molar-refractivity contribution in [3.8, 4) is 17.2 Å². The molecule has 0 aliphatic carbocycles. The van der Waals surface area contributed by atoms with Crippen LogP contribution in [0.4, 0.5) is 0 Å². The lowest BCUT2D eigenvalue weighted by Gasteiger charge is -2.20. The Balaban J connectivity index is 1.90. The van der Waals surface area contributed by atoms with Crippen LogP contribution in [0.5, 0.6) is 17.2 Å². The SMILES string of the molecule is Cc1ccc(Oc2cccc3c2COCO3)cc1. The molecule has 3 heteroatoms. The molecule has 0 bridgehead atoms. The van der Waals surface area contributed by atoms with Crippen molar-refractivity contribution >= 4 is 0 Å². The molecule has 0 saturated carbocycles. The number of rotatable bonds is 2. The second-order valence-electron chi connectivity index (χ2n) is 4.26. The summed E-state index contributed by atoms with van der Waals surface area (Å²) in [7, 11) is 0. The van der Waals surface area contributed by atoms with Gasteiger partial charge in [0.2, 0.25) is 0 Å². The van der Waals surface area contributed by atoms with Crippen molar-refractivity contribution in [2.24, 2.45) is 0 Å². The van der Waals surface area contributed by atoms with Gasteiger partial charge >= 0.3 is 0 Å². The van der Waals surface area contributed by atoms with Crippen LogP contribution >= 0.6 is 0 Å². The first-order valence-electron chi connectivity index (χ1n) is 5.90. The van der Waals surface area contributed by atoms with Gasteiger partial charge in [-0.2, -0.15) is 0 Å². The summed E-state index contributed by atoms with van der Waals surface area (Å²) in [5, 5.41) is 0. The Labute approximate surface area is 106 Å². The van der Waals surface area contributed by atoms with E-state index in [4.69, 9.17) is 14.2 Å². The first-order valence-corrected chi connectivity index (χ1v) is 5.90. The highest BCUT2D eigenvalue weighted by molar-refractivity contribution is 5.47. The van der Waals surface area contributed by atoms with E-state index in [2.05, 4.69) is 6.92 Å². The lowest BCUT2D eigenvalue weighted by molar-refractivity contribution is -0.0173. The van der Waals surface area contributed by atoms with Gasteiger partial charge in [0.25, 0.3) is 0 Å². The molecule has 1 aliphatic heterocycles. The number of ether oxygens (including phenoxy) is 3. The first kappa shape index (κ1) is 11.1. The highest BCUT2D eigenvalue weighted by atomic mass is 16.7. The second-order valence-corrected chi connectivity index (χ2v) is 4.26. The maximum absolute atomic E-state index is 5.87. The van der Waals surface area contributed by atoms with E-state index in [0.29, 0.717) is 13.4 Å². The Morgan fingerprint density at radius 2 is 1.89 bits per heavy atom. The van der Waals surface area contributed by atoms with Crippen LogP contribution in [0.25, 0.3) is 0 Å². The average Bonchev–Trinajstić information content (AvgIpc) is 2.42. The summed E-state index contributed by atoms with van der Waals surface area (Å²) in [6, 6.07) is 13.7. The molecule has 0 aromatic heterocycles. The van der Waals surface area contributed by atoms with Crippen LogP contribution in [0, 0.1) is 6.92 Å². The van der Waals surface area contributed by atoms with Gasteiger partial charge in [0.1, 0.15) is 17.2 Å². The average molecular weight is 242 g/mol. The van der Waals surface area contributed by atoms with Crippen LogP contribution in [0.15, 0.2) is 42.5 Å². The van der Waals surface area contributed by atoms with E-state index in [1.54, 1.807) is 0 Å². The van der Waals surface area contributed by atoms with Crippen LogP contribution in [0.3, 0.4) is 0 Å². The summed E-state index contributed by atoms with van der Waals surface area (Å²) < 4.78 is 16.6. The summed E-state index contributed by atoms with van der Waals surface area (Å²) >= 11 is 0. The minimum absolute atomic E-state index is 0.307. The number of benzene rings is 2. The van der Waals surface area contributed by atoms with Crippen molar-refractivity contribution in [3.63, 3.8) is 0 Å². The third-order valence-corrected chi connectivity index (χ3v) is 2.88. The predicted octanol–water partition coefficient (Wildman–Crippen LogP) is 3.65. The molecule has 18 heavy (non-hydrogen) atoms. The molecule has 0 radical (unpaired) electrons. The van der Waals surface area contributed by atoms with Crippen LogP contribution in [-0.4, -0.2) is 6.79 Å². The topological polar surface area (TPSA) is 27.7 Å². The van der Waals surface area contributed by atoms with E-state index in [0.717, 1.165) is 22.8 Å². The Morgan fingerprint density at radius 1 is 1.06 bits per heavy atom. The monoisotopic (exact) mass is 242 g/mol. The van der Waals surface area contributed by atoms with Crippen LogP contribution in [0.2, 0.25) is 0 Å². The molecule has 3 rings (SSSR count). The third kappa shape index (κ3) is 2.17. The van der Waals surface area contributed by atoms with E-state index >= 15 is 0 Å². The zero-order valence-electron chi connectivity index (χ0n) is 10.2. The normalized spacial score (nSPS) is 13.6. The Kier molecular flexibility index (Phi) is 2.90. The number of aryl methyl sites for hydroxylation is 1. The van der Waals surface area contributed by atoms with E-state index in [1.807, 2.05) is 42.5 Å². The van der Waals surface area contributed by atoms with Gasteiger partial charge in [-0.05, 0) is 31.2 Å². The van der Waals surface area contributed by atoms with Crippen LogP contribution in [-0.2, 0) is 11.3 Å². The fourth-order valence-electron chi connectivity index (χ4n) is 1.90. The maximum atomic E-state index is 5.87. The molecule has 3 nitrogen and oxygen atoms in total. The highest BCUT2D eigenvalue weighted by Crippen LogP contribution is 2.34. The van der Waals surface area contributed by atoms with E-state index in [9.17, 15) is 0 Å². The molecule has 0 fully saturated rings. The first-order chi connectivity index (χ1) is 8.83.